The summed E-state index contributed by atoms with van der Waals surface area (Å²) in [5.41, 5.74) is 6.89. The van der Waals surface area contributed by atoms with Crippen molar-refractivity contribution in [3.8, 4) is 0 Å². The molecule has 2 atom stereocenters. The number of hydrogen-bond acceptors (Lipinski definition) is 3. The van der Waals surface area contributed by atoms with Crippen LogP contribution in [-0.4, -0.2) is 29.7 Å². The molecule has 0 bridgehead atoms. The van der Waals surface area contributed by atoms with Gasteiger partial charge in [-0.1, -0.05) is 50.1 Å². The highest BCUT2D eigenvalue weighted by Gasteiger charge is 2.17. The number of carbonyl (C=O) groups excluding carboxylic acids is 1. The van der Waals surface area contributed by atoms with Gasteiger partial charge in [-0.2, -0.15) is 0 Å². The first-order valence-corrected chi connectivity index (χ1v) is 6.88. The lowest BCUT2D eigenvalue weighted by Crippen LogP contribution is -2.47. The molecule has 0 fully saturated rings. The second-order valence-electron chi connectivity index (χ2n) is 4.83. The zero-order chi connectivity index (χ0) is 14.1. The molecule has 0 aliphatic carbocycles. The quantitative estimate of drug-likeness (QED) is 0.661. The number of aliphatic hydroxyl groups excluding tert-OH is 1. The van der Waals surface area contributed by atoms with Crippen molar-refractivity contribution in [2.45, 2.75) is 44.7 Å². The van der Waals surface area contributed by atoms with Crippen molar-refractivity contribution in [1.82, 2.24) is 5.32 Å². The van der Waals surface area contributed by atoms with Crippen LogP contribution >= 0.6 is 0 Å². The van der Waals surface area contributed by atoms with Crippen molar-refractivity contribution in [2.75, 3.05) is 6.61 Å². The van der Waals surface area contributed by atoms with Crippen molar-refractivity contribution in [3.05, 3.63) is 35.9 Å². The van der Waals surface area contributed by atoms with E-state index in [0.29, 0.717) is 12.8 Å². The number of carbonyl (C=O) groups is 1. The fourth-order valence-corrected chi connectivity index (χ4v) is 1.92. The Morgan fingerprint density at radius 1 is 1.37 bits per heavy atom. The lowest BCUT2D eigenvalue weighted by molar-refractivity contribution is -0.123. The fourth-order valence-electron chi connectivity index (χ4n) is 1.92. The van der Waals surface area contributed by atoms with Gasteiger partial charge in [0.25, 0.3) is 0 Å². The molecule has 1 amide bonds. The van der Waals surface area contributed by atoms with Gasteiger partial charge in [-0.05, 0) is 18.4 Å². The molecule has 0 saturated heterocycles. The highest BCUT2D eigenvalue weighted by atomic mass is 16.3. The standard InChI is InChI=1S/C15H24N2O2/c1-2-3-9-14(16)15(19)17-13(11-18)10-12-7-5-4-6-8-12/h4-8,13-14,18H,2-3,9-11,16H2,1H3,(H,17,19)/t13-,14?/m0/s1. The van der Waals surface area contributed by atoms with Gasteiger partial charge in [0.1, 0.15) is 0 Å². The van der Waals surface area contributed by atoms with Gasteiger partial charge in [-0.3, -0.25) is 4.79 Å². The molecule has 1 rings (SSSR count). The minimum Gasteiger partial charge on any atom is -0.394 e. The van der Waals surface area contributed by atoms with E-state index in [1.807, 2.05) is 30.3 Å². The Bertz CT molecular complexity index is 368. The third-order valence-corrected chi connectivity index (χ3v) is 3.10. The van der Waals surface area contributed by atoms with Gasteiger partial charge in [0.05, 0.1) is 18.7 Å². The average Bonchev–Trinajstić information content (AvgIpc) is 2.44. The van der Waals surface area contributed by atoms with E-state index in [1.165, 1.54) is 0 Å². The molecule has 1 aromatic rings. The predicted molar refractivity (Wildman–Crippen MR) is 76.7 cm³/mol. The van der Waals surface area contributed by atoms with E-state index in [2.05, 4.69) is 12.2 Å². The molecule has 0 heterocycles. The Kier molecular flexibility index (Phi) is 7.15. The van der Waals surface area contributed by atoms with Crippen LogP contribution in [0.2, 0.25) is 0 Å². The van der Waals surface area contributed by atoms with Crippen LogP contribution in [0.15, 0.2) is 30.3 Å². The number of rotatable bonds is 8. The minimum absolute atomic E-state index is 0.0822. The molecule has 0 aromatic heterocycles. The van der Waals surface area contributed by atoms with Crippen LogP contribution in [-0.2, 0) is 11.2 Å². The molecule has 19 heavy (non-hydrogen) atoms. The SMILES string of the molecule is CCCCC(N)C(=O)N[C@H](CO)Cc1ccccc1. The molecule has 1 aromatic carbocycles. The maximum Gasteiger partial charge on any atom is 0.237 e. The maximum absolute atomic E-state index is 11.9. The predicted octanol–water partition coefficient (Wildman–Crippen LogP) is 1.22. The third kappa shape index (κ3) is 5.85. The summed E-state index contributed by atoms with van der Waals surface area (Å²) in [4.78, 5) is 11.9. The normalized spacial score (nSPS) is 13.8. The number of unbranched alkanes of at least 4 members (excludes halogenated alkanes) is 1. The van der Waals surface area contributed by atoms with Crippen molar-refractivity contribution < 1.29 is 9.90 Å². The number of aliphatic hydroxyl groups is 1. The smallest absolute Gasteiger partial charge is 0.237 e. The van der Waals surface area contributed by atoms with Gasteiger partial charge in [-0.25, -0.2) is 0 Å². The molecule has 0 radical (unpaired) electrons. The van der Waals surface area contributed by atoms with E-state index < -0.39 is 6.04 Å². The number of nitrogens with two attached hydrogens (primary N) is 1. The van der Waals surface area contributed by atoms with Crippen molar-refractivity contribution in [2.24, 2.45) is 5.73 Å². The summed E-state index contributed by atoms with van der Waals surface area (Å²) in [6, 6.07) is 9.03. The summed E-state index contributed by atoms with van der Waals surface area (Å²) in [7, 11) is 0. The molecule has 0 saturated carbocycles. The molecule has 0 aliphatic rings. The van der Waals surface area contributed by atoms with Gasteiger partial charge in [-0.15, -0.1) is 0 Å². The monoisotopic (exact) mass is 264 g/mol. The Morgan fingerprint density at radius 2 is 2.05 bits per heavy atom. The molecular formula is C15H24N2O2. The van der Waals surface area contributed by atoms with E-state index in [-0.39, 0.29) is 18.6 Å². The van der Waals surface area contributed by atoms with Gasteiger partial charge in [0.2, 0.25) is 5.91 Å². The summed E-state index contributed by atoms with van der Waals surface area (Å²) in [6.07, 6.45) is 3.26. The number of benzene rings is 1. The van der Waals surface area contributed by atoms with Gasteiger partial charge >= 0.3 is 0 Å². The topological polar surface area (TPSA) is 75.4 Å². The van der Waals surface area contributed by atoms with Crippen LogP contribution in [0, 0.1) is 0 Å². The van der Waals surface area contributed by atoms with E-state index >= 15 is 0 Å². The Labute approximate surface area is 115 Å². The van der Waals surface area contributed by atoms with Crippen LogP contribution in [0.4, 0.5) is 0 Å². The highest BCUT2D eigenvalue weighted by molar-refractivity contribution is 5.81. The minimum atomic E-state index is -0.482. The Balaban J connectivity index is 2.45. The summed E-state index contributed by atoms with van der Waals surface area (Å²) in [6.45, 7) is 1.98. The summed E-state index contributed by atoms with van der Waals surface area (Å²) < 4.78 is 0. The number of amides is 1. The highest BCUT2D eigenvalue weighted by Crippen LogP contribution is 2.04. The molecular weight excluding hydrogens is 240 g/mol. The zero-order valence-electron chi connectivity index (χ0n) is 11.5. The second kappa shape index (κ2) is 8.67. The number of hydrogen-bond donors (Lipinski definition) is 3. The fraction of sp³-hybridized carbons (Fsp3) is 0.533. The largest absolute Gasteiger partial charge is 0.394 e. The van der Waals surface area contributed by atoms with Gasteiger partial charge in [0, 0.05) is 0 Å². The van der Waals surface area contributed by atoms with Crippen LogP contribution < -0.4 is 11.1 Å². The Hall–Kier alpha value is -1.39. The lowest BCUT2D eigenvalue weighted by Gasteiger charge is -2.19. The van der Waals surface area contributed by atoms with Crippen molar-refractivity contribution in [1.29, 1.82) is 0 Å². The molecule has 106 valence electrons. The molecule has 1 unspecified atom stereocenters. The maximum atomic E-state index is 11.9. The molecule has 0 spiro atoms. The molecule has 4 N–H and O–H groups in total. The lowest BCUT2D eigenvalue weighted by atomic mass is 10.1. The van der Waals surface area contributed by atoms with E-state index in [0.717, 1.165) is 18.4 Å². The van der Waals surface area contributed by atoms with Crippen LogP contribution in [0.5, 0.6) is 0 Å². The van der Waals surface area contributed by atoms with Crippen LogP contribution in [0.1, 0.15) is 31.7 Å². The summed E-state index contributed by atoms with van der Waals surface area (Å²) in [5.74, 6) is -0.177. The molecule has 4 nitrogen and oxygen atoms in total. The molecule has 4 heteroatoms. The first-order chi connectivity index (χ1) is 9.17. The first-order valence-electron chi connectivity index (χ1n) is 6.88. The van der Waals surface area contributed by atoms with Crippen molar-refractivity contribution >= 4 is 5.91 Å². The average molecular weight is 264 g/mol. The summed E-state index contributed by atoms with van der Waals surface area (Å²) in [5, 5.41) is 12.1. The van der Waals surface area contributed by atoms with E-state index in [1.54, 1.807) is 0 Å². The zero-order valence-corrected chi connectivity index (χ0v) is 11.5. The van der Waals surface area contributed by atoms with Crippen molar-refractivity contribution in [3.63, 3.8) is 0 Å². The Morgan fingerprint density at radius 3 is 2.63 bits per heavy atom. The first kappa shape index (κ1) is 15.7. The van der Waals surface area contributed by atoms with E-state index in [4.69, 9.17) is 5.73 Å². The number of nitrogens with one attached hydrogen (secondary N) is 1. The molecule has 0 aliphatic heterocycles. The summed E-state index contributed by atoms with van der Waals surface area (Å²) >= 11 is 0. The van der Waals surface area contributed by atoms with Gasteiger partial charge in [0.15, 0.2) is 0 Å². The van der Waals surface area contributed by atoms with E-state index in [9.17, 15) is 9.90 Å². The second-order valence-corrected chi connectivity index (χ2v) is 4.83. The van der Waals surface area contributed by atoms with Crippen LogP contribution in [0.25, 0.3) is 0 Å². The van der Waals surface area contributed by atoms with Gasteiger partial charge < -0.3 is 16.2 Å². The van der Waals surface area contributed by atoms with Crippen LogP contribution in [0.3, 0.4) is 0 Å². The third-order valence-electron chi connectivity index (χ3n) is 3.10.